The molecule has 2 aromatic heterocycles. The Balaban J connectivity index is 1.34. The van der Waals surface area contributed by atoms with Crippen LogP contribution in [0, 0.1) is 11.7 Å². The molecule has 2 N–H and O–H groups in total. The molecule has 1 unspecified atom stereocenters. The summed E-state index contributed by atoms with van der Waals surface area (Å²) < 4.78 is 24.9. The van der Waals surface area contributed by atoms with Crippen LogP contribution in [0.4, 0.5) is 4.39 Å². The zero-order valence-electron chi connectivity index (χ0n) is 18.5. The first kappa shape index (κ1) is 21.2. The lowest BCUT2D eigenvalue weighted by Crippen LogP contribution is -2.36. The number of methoxy groups -OCH3 is 1. The first-order valence-corrected chi connectivity index (χ1v) is 11.5. The number of nitrogens with zero attached hydrogens (tertiary/aromatic N) is 1. The SMILES string of the molecule is COc1ccc(F)cc1-c1ccnc2[nH]c(C3=CCC(NCC4CCOCC4)CC3)cc12. The average molecular weight is 436 g/mol. The number of pyridine rings is 1. The van der Waals surface area contributed by atoms with Crippen molar-refractivity contribution < 1.29 is 13.9 Å². The first-order chi connectivity index (χ1) is 15.7. The van der Waals surface area contributed by atoms with Gasteiger partial charge in [-0.2, -0.15) is 0 Å². The molecule has 168 valence electrons. The molecule has 1 aliphatic carbocycles. The molecule has 6 heteroatoms. The topological polar surface area (TPSA) is 59.2 Å². The van der Waals surface area contributed by atoms with Crippen molar-refractivity contribution in [2.45, 2.75) is 38.1 Å². The van der Waals surface area contributed by atoms with Crippen LogP contribution >= 0.6 is 0 Å². The summed E-state index contributed by atoms with van der Waals surface area (Å²) in [7, 11) is 1.61. The van der Waals surface area contributed by atoms with E-state index in [2.05, 4.69) is 27.4 Å². The molecule has 1 atom stereocenters. The summed E-state index contributed by atoms with van der Waals surface area (Å²) in [4.78, 5) is 7.99. The second kappa shape index (κ2) is 9.43. The number of ether oxygens (including phenoxy) is 2. The molecule has 1 fully saturated rings. The van der Waals surface area contributed by atoms with Gasteiger partial charge in [0.25, 0.3) is 0 Å². The van der Waals surface area contributed by atoms with Gasteiger partial charge in [0.05, 0.1) is 7.11 Å². The van der Waals surface area contributed by atoms with Gasteiger partial charge < -0.3 is 19.8 Å². The summed E-state index contributed by atoms with van der Waals surface area (Å²) in [5, 5.41) is 4.75. The summed E-state index contributed by atoms with van der Waals surface area (Å²) in [6.07, 6.45) is 9.62. The molecular weight excluding hydrogens is 405 g/mol. The van der Waals surface area contributed by atoms with E-state index in [9.17, 15) is 4.39 Å². The minimum absolute atomic E-state index is 0.282. The Morgan fingerprint density at radius 2 is 2.03 bits per heavy atom. The van der Waals surface area contributed by atoms with Gasteiger partial charge in [0.15, 0.2) is 0 Å². The number of hydrogen-bond acceptors (Lipinski definition) is 4. The molecule has 0 amide bonds. The van der Waals surface area contributed by atoms with Gasteiger partial charge in [-0.15, -0.1) is 0 Å². The Kier molecular flexibility index (Phi) is 6.23. The van der Waals surface area contributed by atoms with Crippen LogP contribution in [0.25, 0.3) is 27.7 Å². The highest BCUT2D eigenvalue weighted by Crippen LogP contribution is 2.37. The van der Waals surface area contributed by atoms with Crippen molar-refractivity contribution in [1.29, 1.82) is 0 Å². The van der Waals surface area contributed by atoms with Crippen molar-refractivity contribution in [3.8, 4) is 16.9 Å². The van der Waals surface area contributed by atoms with Crippen LogP contribution in [0.1, 0.15) is 37.8 Å². The van der Waals surface area contributed by atoms with Gasteiger partial charge in [0, 0.05) is 42.1 Å². The van der Waals surface area contributed by atoms with Crippen LogP contribution < -0.4 is 10.1 Å². The highest BCUT2D eigenvalue weighted by molar-refractivity contribution is 5.96. The largest absolute Gasteiger partial charge is 0.496 e. The van der Waals surface area contributed by atoms with E-state index in [0.29, 0.717) is 11.8 Å². The number of H-pyrrole nitrogens is 1. The molecule has 1 aliphatic heterocycles. The van der Waals surface area contributed by atoms with Crippen LogP contribution in [0.3, 0.4) is 0 Å². The fraction of sp³-hybridized carbons (Fsp3) is 0.423. The van der Waals surface area contributed by atoms with E-state index in [4.69, 9.17) is 9.47 Å². The van der Waals surface area contributed by atoms with E-state index in [-0.39, 0.29) is 5.82 Å². The number of allylic oxidation sites excluding steroid dienone is 1. The number of hydrogen-bond donors (Lipinski definition) is 2. The van der Waals surface area contributed by atoms with Crippen LogP contribution in [0.15, 0.2) is 42.6 Å². The highest BCUT2D eigenvalue weighted by atomic mass is 19.1. The standard InChI is InChI=1S/C26H30FN3O2/c1-31-25-7-4-19(27)14-22(25)21-8-11-28-26-23(21)15-24(30-26)18-2-5-20(6-3-18)29-16-17-9-12-32-13-10-17/h2,4,7-8,11,14-15,17,20,29H,3,5-6,9-10,12-13,16H2,1H3,(H,28,30). The van der Waals surface area contributed by atoms with Crippen molar-refractivity contribution in [1.82, 2.24) is 15.3 Å². The van der Waals surface area contributed by atoms with Crippen LogP contribution in [0.5, 0.6) is 5.75 Å². The summed E-state index contributed by atoms with van der Waals surface area (Å²) in [5.41, 5.74) is 4.88. The molecule has 32 heavy (non-hydrogen) atoms. The number of benzene rings is 1. The third-order valence-corrected chi connectivity index (χ3v) is 6.78. The number of rotatable bonds is 6. The molecule has 5 rings (SSSR count). The van der Waals surface area contributed by atoms with Gasteiger partial charge in [0.2, 0.25) is 0 Å². The fourth-order valence-electron chi connectivity index (χ4n) is 4.87. The number of nitrogens with one attached hydrogen (secondary N) is 2. The third-order valence-electron chi connectivity index (χ3n) is 6.78. The van der Waals surface area contributed by atoms with Crippen LogP contribution in [-0.4, -0.2) is 42.9 Å². The maximum atomic E-state index is 14.0. The number of aromatic amines is 1. The predicted octanol–water partition coefficient (Wildman–Crippen LogP) is 5.33. The fourth-order valence-corrected chi connectivity index (χ4v) is 4.87. The van der Waals surface area contributed by atoms with Crippen molar-refractivity contribution in [3.63, 3.8) is 0 Å². The summed E-state index contributed by atoms with van der Waals surface area (Å²) in [6.45, 7) is 2.89. The number of halogens is 1. The van der Waals surface area contributed by atoms with Crippen molar-refractivity contribution in [2.75, 3.05) is 26.9 Å². The molecule has 0 radical (unpaired) electrons. The van der Waals surface area contributed by atoms with Gasteiger partial charge in [0.1, 0.15) is 17.2 Å². The lowest BCUT2D eigenvalue weighted by Gasteiger charge is -2.27. The third kappa shape index (κ3) is 4.43. The molecular formula is C26H30FN3O2. The average Bonchev–Trinajstić information content (AvgIpc) is 3.28. The molecule has 0 saturated carbocycles. The van der Waals surface area contributed by atoms with Crippen molar-refractivity contribution in [2.24, 2.45) is 5.92 Å². The Hall–Kier alpha value is -2.70. The lowest BCUT2D eigenvalue weighted by molar-refractivity contribution is 0.0653. The van der Waals surface area contributed by atoms with E-state index in [1.165, 1.54) is 30.5 Å². The summed E-state index contributed by atoms with van der Waals surface area (Å²) >= 11 is 0. The summed E-state index contributed by atoms with van der Waals surface area (Å²) in [5.74, 6) is 1.11. The molecule has 3 heterocycles. The van der Waals surface area contributed by atoms with E-state index >= 15 is 0 Å². The Labute approximate surface area is 188 Å². The smallest absolute Gasteiger partial charge is 0.138 e. The van der Waals surface area contributed by atoms with Crippen molar-refractivity contribution in [3.05, 3.63) is 54.1 Å². The van der Waals surface area contributed by atoms with Gasteiger partial charge in [-0.05, 0) is 86.0 Å². The Bertz CT molecular complexity index is 1120. The second-order valence-electron chi connectivity index (χ2n) is 8.81. The molecule has 3 aromatic rings. The molecule has 2 aliphatic rings. The maximum Gasteiger partial charge on any atom is 0.138 e. The first-order valence-electron chi connectivity index (χ1n) is 11.5. The van der Waals surface area contributed by atoms with Gasteiger partial charge in [-0.1, -0.05) is 6.08 Å². The molecule has 1 aromatic carbocycles. The van der Waals surface area contributed by atoms with E-state index in [0.717, 1.165) is 72.8 Å². The van der Waals surface area contributed by atoms with E-state index in [1.54, 1.807) is 19.4 Å². The molecule has 1 saturated heterocycles. The Morgan fingerprint density at radius 1 is 1.16 bits per heavy atom. The van der Waals surface area contributed by atoms with Gasteiger partial charge in [-0.3, -0.25) is 0 Å². The van der Waals surface area contributed by atoms with E-state index < -0.39 is 0 Å². The number of aromatic nitrogens is 2. The second-order valence-corrected chi connectivity index (χ2v) is 8.81. The van der Waals surface area contributed by atoms with E-state index in [1.807, 2.05) is 6.07 Å². The monoisotopic (exact) mass is 435 g/mol. The highest BCUT2D eigenvalue weighted by Gasteiger charge is 2.20. The normalized spacial score (nSPS) is 19.8. The van der Waals surface area contributed by atoms with Crippen molar-refractivity contribution >= 4 is 16.6 Å². The summed E-state index contributed by atoms with van der Waals surface area (Å²) in [6, 6.07) is 9.21. The zero-order valence-corrected chi connectivity index (χ0v) is 18.5. The molecule has 0 bridgehead atoms. The minimum Gasteiger partial charge on any atom is -0.496 e. The predicted molar refractivity (Wildman–Crippen MR) is 125 cm³/mol. The Morgan fingerprint density at radius 3 is 2.81 bits per heavy atom. The zero-order chi connectivity index (χ0) is 21.9. The minimum atomic E-state index is -0.282. The van der Waals surface area contributed by atoms with Crippen LogP contribution in [-0.2, 0) is 4.74 Å². The molecule has 0 spiro atoms. The van der Waals surface area contributed by atoms with Gasteiger partial charge >= 0.3 is 0 Å². The number of fused-ring (bicyclic) bond motifs is 1. The maximum absolute atomic E-state index is 14.0. The lowest BCUT2D eigenvalue weighted by atomic mass is 9.92. The van der Waals surface area contributed by atoms with Gasteiger partial charge in [-0.25, -0.2) is 9.37 Å². The quantitative estimate of drug-likeness (QED) is 0.549. The van der Waals surface area contributed by atoms with Crippen LogP contribution in [0.2, 0.25) is 0 Å². The molecule has 5 nitrogen and oxygen atoms in total.